The zero-order valence-electron chi connectivity index (χ0n) is 14.2. The number of nitrogens with zero attached hydrogens (tertiary/aromatic N) is 1. The van der Waals surface area contributed by atoms with Crippen LogP contribution in [0.15, 0.2) is 42.5 Å². The van der Waals surface area contributed by atoms with E-state index in [1.165, 1.54) is 4.90 Å². The maximum Gasteiger partial charge on any atom is 0.239 e. The molecule has 5 nitrogen and oxygen atoms in total. The van der Waals surface area contributed by atoms with Crippen molar-refractivity contribution >= 4 is 22.6 Å². The van der Waals surface area contributed by atoms with E-state index in [0.29, 0.717) is 13.2 Å². The highest BCUT2D eigenvalue weighted by Gasteiger charge is 2.13. The highest BCUT2D eigenvalue weighted by molar-refractivity contribution is 5.87. The molecular formula is C19H24N2O3. The van der Waals surface area contributed by atoms with Crippen LogP contribution in [-0.4, -0.2) is 50.6 Å². The third-order valence-electron chi connectivity index (χ3n) is 3.82. The Morgan fingerprint density at radius 1 is 1.12 bits per heavy atom. The Morgan fingerprint density at radius 3 is 2.62 bits per heavy atom. The number of likely N-dealkylation sites (N-methyl/N-ethyl adjacent to an activating group) is 1. The van der Waals surface area contributed by atoms with E-state index < -0.39 is 0 Å². The summed E-state index contributed by atoms with van der Waals surface area (Å²) in [6.45, 7) is 1.23. The molecule has 0 bridgehead atoms. The van der Waals surface area contributed by atoms with Crippen LogP contribution in [-0.2, 0) is 20.7 Å². The molecule has 0 saturated carbocycles. The van der Waals surface area contributed by atoms with Gasteiger partial charge < -0.3 is 15.0 Å². The van der Waals surface area contributed by atoms with Gasteiger partial charge in [0, 0.05) is 27.3 Å². The number of amides is 2. The number of carbonyl (C=O) groups is 2. The minimum Gasteiger partial charge on any atom is -0.385 e. The predicted octanol–water partition coefficient (Wildman–Crippen LogP) is 1.99. The molecule has 0 aliphatic heterocycles. The number of methoxy groups -OCH3 is 1. The molecule has 5 heteroatoms. The number of nitrogens with one attached hydrogen (secondary N) is 1. The Labute approximate surface area is 142 Å². The van der Waals surface area contributed by atoms with E-state index in [4.69, 9.17) is 4.74 Å². The fourth-order valence-corrected chi connectivity index (χ4v) is 2.46. The normalized spacial score (nSPS) is 10.6. The molecule has 2 aromatic carbocycles. The van der Waals surface area contributed by atoms with Gasteiger partial charge in [-0.3, -0.25) is 9.59 Å². The van der Waals surface area contributed by atoms with Crippen LogP contribution in [0.1, 0.15) is 12.0 Å². The summed E-state index contributed by atoms with van der Waals surface area (Å²) in [6, 6.07) is 14.0. The van der Waals surface area contributed by atoms with E-state index in [-0.39, 0.29) is 24.8 Å². The zero-order valence-corrected chi connectivity index (χ0v) is 14.2. The van der Waals surface area contributed by atoms with Crippen LogP contribution in [0, 0.1) is 0 Å². The average Bonchev–Trinajstić information content (AvgIpc) is 2.58. The number of ether oxygens (including phenoxy) is 1. The Hall–Kier alpha value is -2.40. The standard InChI is InChI=1S/C19H24N2O3/c1-21(14-18(22)20-10-5-11-24-2)19(23)13-15-8-9-16-6-3-4-7-17(16)12-15/h3-4,6-9,12H,5,10-11,13-14H2,1-2H3,(H,20,22). The van der Waals surface area contributed by atoms with Crippen molar-refractivity contribution in [1.29, 1.82) is 0 Å². The third kappa shape index (κ3) is 5.35. The Bertz CT molecular complexity index is 700. The molecule has 0 radical (unpaired) electrons. The van der Waals surface area contributed by atoms with Crippen LogP contribution < -0.4 is 5.32 Å². The van der Waals surface area contributed by atoms with Crippen LogP contribution in [0.2, 0.25) is 0 Å². The molecule has 0 fully saturated rings. The molecule has 1 N–H and O–H groups in total. The van der Waals surface area contributed by atoms with E-state index in [1.807, 2.05) is 42.5 Å². The van der Waals surface area contributed by atoms with Crippen molar-refractivity contribution in [3.8, 4) is 0 Å². The van der Waals surface area contributed by atoms with Gasteiger partial charge in [-0.25, -0.2) is 0 Å². The summed E-state index contributed by atoms with van der Waals surface area (Å²) in [6.07, 6.45) is 1.05. The van der Waals surface area contributed by atoms with Gasteiger partial charge in [0.05, 0.1) is 13.0 Å². The van der Waals surface area contributed by atoms with Crippen LogP contribution in [0.5, 0.6) is 0 Å². The van der Waals surface area contributed by atoms with E-state index in [2.05, 4.69) is 5.32 Å². The van der Waals surface area contributed by atoms with Gasteiger partial charge in [-0.15, -0.1) is 0 Å². The number of hydrogen-bond donors (Lipinski definition) is 1. The van der Waals surface area contributed by atoms with Crippen molar-refractivity contribution in [2.75, 3.05) is 33.9 Å². The van der Waals surface area contributed by atoms with Crippen molar-refractivity contribution in [3.63, 3.8) is 0 Å². The van der Waals surface area contributed by atoms with Crippen molar-refractivity contribution in [1.82, 2.24) is 10.2 Å². The maximum absolute atomic E-state index is 12.3. The zero-order chi connectivity index (χ0) is 17.4. The molecule has 0 aliphatic rings. The lowest BCUT2D eigenvalue weighted by Gasteiger charge is -2.17. The van der Waals surface area contributed by atoms with Gasteiger partial charge in [-0.1, -0.05) is 42.5 Å². The summed E-state index contributed by atoms with van der Waals surface area (Å²) in [4.78, 5) is 25.5. The number of fused-ring (bicyclic) bond motifs is 1. The summed E-state index contributed by atoms with van der Waals surface area (Å²) < 4.78 is 4.92. The van der Waals surface area contributed by atoms with Gasteiger partial charge in [-0.05, 0) is 22.8 Å². The van der Waals surface area contributed by atoms with Gasteiger partial charge in [0.15, 0.2) is 0 Å². The molecule has 0 aromatic heterocycles. The SMILES string of the molecule is COCCCNC(=O)CN(C)C(=O)Cc1ccc2ccccc2c1. The van der Waals surface area contributed by atoms with Crippen molar-refractivity contribution in [3.05, 3.63) is 48.0 Å². The van der Waals surface area contributed by atoms with Gasteiger partial charge in [0.1, 0.15) is 0 Å². The molecule has 0 aliphatic carbocycles. The van der Waals surface area contributed by atoms with Crippen LogP contribution in [0.3, 0.4) is 0 Å². The van der Waals surface area contributed by atoms with Gasteiger partial charge >= 0.3 is 0 Å². The quantitative estimate of drug-likeness (QED) is 0.754. The first-order chi connectivity index (χ1) is 11.6. The minimum absolute atomic E-state index is 0.0688. The molecule has 2 aromatic rings. The molecule has 0 atom stereocenters. The molecule has 2 amide bonds. The second-order valence-electron chi connectivity index (χ2n) is 5.80. The number of hydrogen-bond acceptors (Lipinski definition) is 3. The first-order valence-electron chi connectivity index (χ1n) is 8.07. The predicted molar refractivity (Wildman–Crippen MR) is 94.8 cm³/mol. The second kappa shape index (κ2) is 9.03. The highest BCUT2D eigenvalue weighted by atomic mass is 16.5. The molecular weight excluding hydrogens is 304 g/mol. The number of carbonyl (C=O) groups excluding carboxylic acids is 2. The number of benzene rings is 2. The molecule has 2 rings (SSSR count). The largest absolute Gasteiger partial charge is 0.385 e. The van der Waals surface area contributed by atoms with Gasteiger partial charge in [0.25, 0.3) is 0 Å². The van der Waals surface area contributed by atoms with Crippen molar-refractivity contribution < 1.29 is 14.3 Å². The topological polar surface area (TPSA) is 58.6 Å². The lowest BCUT2D eigenvalue weighted by atomic mass is 10.0. The summed E-state index contributed by atoms with van der Waals surface area (Å²) in [5.74, 6) is -0.224. The van der Waals surface area contributed by atoms with Crippen LogP contribution in [0.25, 0.3) is 10.8 Å². The fraction of sp³-hybridized carbons (Fsp3) is 0.368. The number of rotatable bonds is 8. The lowest BCUT2D eigenvalue weighted by molar-refractivity contribution is -0.134. The maximum atomic E-state index is 12.3. The second-order valence-corrected chi connectivity index (χ2v) is 5.80. The monoisotopic (exact) mass is 328 g/mol. The average molecular weight is 328 g/mol. The molecule has 0 unspecified atom stereocenters. The fourth-order valence-electron chi connectivity index (χ4n) is 2.46. The van der Waals surface area contributed by atoms with E-state index in [1.54, 1.807) is 14.2 Å². The summed E-state index contributed by atoms with van der Waals surface area (Å²) in [5, 5.41) is 5.04. The van der Waals surface area contributed by atoms with Gasteiger partial charge in [0.2, 0.25) is 11.8 Å². The van der Waals surface area contributed by atoms with E-state index in [0.717, 1.165) is 22.8 Å². The molecule has 0 spiro atoms. The molecule has 0 saturated heterocycles. The third-order valence-corrected chi connectivity index (χ3v) is 3.82. The summed E-state index contributed by atoms with van der Waals surface area (Å²) in [5.41, 5.74) is 0.950. The Kier molecular flexibility index (Phi) is 6.75. The minimum atomic E-state index is -0.152. The summed E-state index contributed by atoms with van der Waals surface area (Å²) in [7, 11) is 3.28. The van der Waals surface area contributed by atoms with Crippen molar-refractivity contribution in [2.24, 2.45) is 0 Å². The van der Waals surface area contributed by atoms with E-state index in [9.17, 15) is 9.59 Å². The molecule has 24 heavy (non-hydrogen) atoms. The molecule has 0 heterocycles. The molecule has 128 valence electrons. The van der Waals surface area contributed by atoms with Crippen LogP contribution in [0.4, 0.5) is 0 Å². The Balaban J connectivity index is 1.84. The first-order valence-corrected chi connectivity index (χ1v) is 8.07. The Morgan fingerprint density at radius 2 is 1.88 bits per heavy atom. The highest BCUT2D eigenvalue weighted by Crippen LogP contribution is 2.16. The smallest absolute Gasteiger partial charge is 0.239 e. The first kappa shape index (κ1) is 17.9. The van der Waals surface area contributed by atoms with Crippen LogP contribution >= 0.6 is 0 Å². The van der Waals surface area contributed by atoms with E-state index >= 15 is 0 Å². The van der Waals surface area contributed by atoms with Crippen molar-refractivity contribution in [2.45, 2.75) is 12.8 Å². The van der Waals surface area contributed by atoms with Gasteiger partial charge in [-0.2, -0.15) is 0 Å². The lowest BCUT2D eigenvalue weighted by Crippen LogP contribution is -2.39. The summed E-state index contributed by atoms with van der Waals surface area (Å²) >= 11 is 0.